The zero-order valence-corrected chi connectivity index (χ0v) is 21.9. The smallest absolute Gasteiger partial charge is 0.181 e. The summed E-state index contributed by atoms with van der Waals surface area (Å²) in [6.45, 7) is 14.1. The van der Waals surface area contributed by atoms with Crippen LogP contribution in [-0.2, 0) is 0 Å². The van der Waals surface area contributed by atoms with Crippen LogP contribution < -0.4 is 10.1 Å². The molecule has 0 amide bonds. The van der Waals surface area contributed by atoms with Gasteiger partial charge in [0.15, 0.2) is 12.5 Å². The molecule has 194 valence electrons. The van der Waals surface area contributed by atoms with Crippen LogP contribution in [0.3, 0.4) is 0 Å². The number of amidine groups is 1. The summed E-state index contributed by atoms with van der Waals surface area (Å²) in [5, 5.41) is 12.3. The summed E-state index contributed by atoms with van der Waals surface area (Å²) < 4.78 is 6.01. The second-order valence-electron chi connectivity index (χ2n) is 9.45. The van der Waals surface area contributed by atoms with E-state index in [-0.39, 0.29) is 6.73 Å². The molecule has 9 nitrogen and oxygen atoms in total. The van der Waals surface area contributed by atoms with Gasteiger partial charge in [0.25, 0.3) is 0 Å². The molecule has 1 saturated heterocycles. The monoisotopic (exact) mass is 520 g/mol. The third kappa shape index (κ3) is 6.06. The minimum Gasteiger partial charge on any atom is -0.470 e. The van der Waals surface area contributed by atoms with Crippen molar-refractivity contribution < 1.29 is 4.74 Å². The van der Waals surface area contributed by atoms with Gasteiger partial charge in [-0.15, -0.1) is 6.58 Å². The van der Waals surface area contributed by atoms with E-state index >= 15 is 0 Å². The summed E-state index contributed by atoms with van der Waals surface area (Å²) >= 11 is 6.62. The molecule has 3 aromatic rings. The molecule has 0 atom stereocenters. The van der Waals surface area contributed by atoms with Crippen LogP contribution in [0, 0.1) is 6.92 Å². The van der Waals surface area contributed by atoms with Gasteiger partial charge < -0.3 is 19.9 Å². The Kier molecular flexibility index (Phi) is 7.62. The van der Waals surface area contributed by atoms with Crippen LogP contribution in [0.4, 0.5) is 5.82 Å². The Bertz CT molecular complexity index is 1330. The van der Waals surface area contributed by atoms with Crippen LogP contribution in [-0.4, -0.2) is 77.0 Å². The quantitative estimate of drug-likeness (QED) is 0.200. The minimum absolute atomic E-state index is 0.117. The average molecular weight is 521 g/mol. The van der Waals surface area contributed by atoms with Gasteiger partial charge in [0.05, 0.1) is 5.02 Å². The van der Waals surface area contributed by atoms with Gasteiger partial charge in [0.1, 0.15) is 17.4 Å². The van der Waals surface area contributed by atoms with Crippen molar-refractivity contribution in [1.82, 2.24) is 25.0 Å². The fraction of sp³-hybridized carbons (Fsp3) is 0.370. The lowest BCUT2D eigenvalue weighted by atomic mass is 10.2. The van der Waals surface area contributed by atoms with Crippen LogP contribution in [0.1, 0.15) is 30.1 Å². The number of aryl methyl sites for hydroxylation is 1. The summed E-state index contributed by atoms with van der Waals surface area (Å²) in [4.78, 5) is 16.9. The number of hydrogen-bond donors (Lipinski definition) is 3. The molecule has 0 spiro atoms. The summed E-state index contributed by atoms with van der Waals surface area (Å²) in [6, 6.07) is 7.89. The molecule has 1 aromatic carbocycles. The van der Waals surface area contributed by atoms with E-state index in [4.69, 9.17) is 21.3 Å². The molecule has 1 aliphatic carbocycles. The molecule has 3 N–H and O–H groups in total. The number of nitrogens with zero attached hydrogens (tertiary/aromatic N) is 5. The molecule has 2 aliphatic rings. The first kappa shape index (κ1) is 25.1. The van der Waals surface area contributed by atoms with E-state index in [9.17, 15) is 0 Å². The molecular formula is C27H33ClN8O. The van der Waals surface area contributed by atoms with E-state index < -0.39 is 0 Å². The fourth-order valence-electron chi connectivity index (χ4n) is 4.53. The highest BCUT2D eigenvalue weighted by Gasteiger charge is 2.25. The van der Waals surface area contributed by atoms with Crippen LogP contribution >= 0.6 is 11.6 Å². The van der Waals surface area contributed by atoms with Gasteiger partial charge in [-0.2, -0.15) is 5.10 Å². The number of benzene rings is 1. The number of nitrogens with one attached hydrogen (secondary N) is 3. The van der Waals surface area contributed by atoms with E-state index in [0.717, 1.165) is 60.9 Å². The van der Waals surface area contributed by atoms with Gasteiger partial charge in [-0.25, -0.2) is 9.98 Å². The average Bonchev–Trinajstić information content (AvgIpc) is 3.52. The number of anilines is 1. The highest BCUT2D eigenvalue weighted by Crippen LogP contribution is 2.39. The van der Waals surface area contributed by atoms with E-state index in [1.807, 2.05) is 43.3 Å². The first-order chi connectivity index (χ1) is 18.0. The molecule has 10 heteroatoms. The third-order valence-electron chi connectivity index (χ3n) is 6.67. The standard InChI is InChI=1S/C27H33ClN8O/c1-4-9-35-10-12-36(13-11-35)26(16-24(29-3)32-25-15-22(33-34-25)19-5-6-19)30-17-37-23-8-7-21-20(27(23)28)14-18(2)31-21/h4,7-8,14-16,19,31H,1,3,5-6,9-13,17H2,2H3,(H2,32,33,34)/b24-16+,30-26+. The van der Waals surface area contributed by atoms with Crippen molar-refractivity contribution in [1.29, 1.82) is 0 Å². The number of halogens is 1. The lowest BCUT2D eigenvalue weighted by Crippen LogP contribution is -2.48. The lowest BCUT2D eigenvalue weighted by molar-refractivity contribution is 0.197. The van der Waals surface area contributed by atoms with Crippen molar-refractivity contribution in [3.63, 3.8) is 0 Å². The normalized spacial score (nSPS) is 17.3. The van der Waals surface area contributed by atoms with Crippen molar-refractivity contribution >= 4 is 40.9 Å². The topological polar surface area (TPSA) is 96.9 Å². The number of fused-ring (bicyclic) bond motifs is 1. The van der Waals surface area contributed by atoms with Crippen molar-refractivity contribution in [3.8, 4) is 5.75 Å². The Hall–Kier alpha value is -3.56. The van der Waals surface area contributed by atoms with E-state index in [2.05, 4.69) is 48.6 Å². The molecular weight excluding hydrogens is 488 g/mol. The van der Waals surface area contributed by atoms with E-state index in [1.54, 1.807) is 0 Å². The van der Waals surface area contributed by atoms with Gasteiger partial charge >= 0.3 is 0 Å². The Morgan fingerprint density at radius 3 is 2.81 bits per heavy atom. The second kappa shape index (κ2) is 11.2. The highest BCUT2D eigenvalue weighted by molar-refractivity contribution is 6.37. The fourth-order valence-corrected chi connectivity index (χ4v) is 4.80. The number of aliphatic imine (C=N–C) groups is 2. The van der Waals surface area contributed by atoms with Gasteiger partial charge in [0, 0.05) is 73.1 Å². The summed E-state index contributed by atoms with van der Waals surface area (Å²) in [7, 11) is 0. The maximum atomic E-state index is 6.62. The molecule has 0 unspecified atom stereocenters. The molecule has 3 heterocycles. The molecule has 2 fully saturated rings. The largest absolute Gasteiger partial charge is 0.470 e. The third-order valence-corrected chi connectivity index (χ3v) is 7.06. The van der Waals surface area contributed by atoms with Crippen molar-refractivity contribution in [2.45, 2.75) is 25.7 Å². The number of aromatic amines is 2. The first-order valence-corrected chi connectivity index (χ1v) is 13.0. The maximum Gasteiger partial charge on any atom is 0.181 e. The molecule has 5 rings (SSSR count). The Morgan fingerprint density at radius 1 is 1.27 bits per heavy atom. The van der Waals surface area contributed by atoms with Gasteiger partial charge in [-0.1, -0.05) is 17.7 Å². The molecule has 1 saturated carbocycles. The summed E-state index contributed by atoms with van der Waals surface area (Å²) in [5.41, 5.74) is 3.18. The Labute approximate surface area is 222 Å². The maximum absolute atomic E-state index is 6.62. The van der Waals surface area contributed by atoms with Crippen LogP contribution in [0.25, 0.3) is 10.9 Å². The zero-order valence-electron chi connectivity index (χ0n) is 21.1. The number of rotatable bonds is 10. The highest BCUT2D eigenvalue weighted by atomic mass is 35.5. The molecule has 0 bridgehead atoms. The van der Waals surface area contributed by atoms with E-state index in [1.165, 1.54) is 12.8 Å². The van der Waals surface area contributed by atoms with Crippen molar-refractivity contribution in [2.75, 3.05) is 44.8 Å². The van der Waals surface area contributed by atoms with E-state index in [0.29, 0.717) is 28.3 Å². The molecule has 0 radical (unpaired) electrons. The van der Waals surface area contributed by atoms with Crippen LogP contribution in [0.2, 0.25) is 5.02 Å². The number of piperazine rings is 1. The van der Waals surface area contributed by atoms with Crippen molar-refractivity contribution in [3.05, 3.63) is 65.2 Å². The van der Waals surface area contributed by atoms with Crippen LogP contribution in [0.5, 0.6) is 5.75 Å². The minimum atomic E-state index is 0.117. The second-order valence-corrected chi connectivity index (χ2v) is 9.83. The Balaban J connectivity index is 1.34. The number of hydrogen-bond acceptors (Lipinski definition) is 6. The molecule has 2 aromatic heterocycles. The predicted molar refractivity (Wildman–Crippen MR) is 151 cm³/mol. The molecule has 37 heavy (non-hydrogen) atoms. The Morgan fingerprint density at radius 2 is 2.08 bits per heavy atom. The SMILES string of the molecule is C=CCN1CCN(C(/C=C(\N=C)Nc2cc(C3CC3)[nH]n2)=N/COc2ccc3[nH]c(C)cc3c2Cl)CC1. The predicted octanol–water partition coefficient (Wildman–Crippen LogP) is 4.92. The van der Waals surface area contributed by atoms with Gasteiger partial charge in [-0.05, 0) is 44.7 Å². The van der Waals surface area contributed by atoms with Gasteiger partial charge in [-0.3, -0.25) is 10.00 Å². The number of H-pyrrole nitrogens is 2. The summed E-state index contributed by atoms with van der Waals surface area (Å²) in [5.74, 6) is 3.24. The van der Waals surface area contributed by atoms with Gasteiger partial charge in [0.2, 0.25) is 0 Å². The lowest BCUT2D eigenvalue weighted by Gasteiger charge is -2.35. The first-order valence-electron chi connectivity index (χ1n) is 12.6. The van der Waals surface area contributed by atoms with Crippen molar-refractivity contribution in [2.24, 2.45) is 9.98 Å². The van der Waals surface area contributed by atoms with Crippen LogP contribution in [0.15, 0.2) is 58.8 Å². The zero-order chi connectivity index (χ0) is 25.8. The molecule has 1 aliphatic heterocycles. The number of ether oxygens (including phenoxy) is 1. The number of aromatic nitrogens is 3. The summed E-state index contributed by atoms with van der Waals surface area (Å²) in [6.07, 6.45) is 6.25.